The molecule has 2 aromatic carbocycles. The molecule has 3 aliphatic heterocycles. The number of hydrogen-bond donors (Lipinski definition) is 0. The number of amides is 1. The van der Waals surface area contributed by atoms with E-state index in [2.05, 4.69) is 0 Å². The van der Waals surface area contributed by atoms with Crippen LogP contribution in [0.25, 0.3) is 0 Å². The molecular weight excluding hydrogens is 674 g/mol. The highest BCUT2D eigenvalue weighted by atomic mass is 32.2. The van der Waals surface area contributed by atoms with E-state index in [0.717, 1.165) is 22.9 Å². The number of piperidine rings is 1. The van der Waals surface area contributed by atoms with Gasteiger partial charge in [0.15, 0.2) is 18.3 Å². The quantitative estimate of drug-likeness (QED) is 0.220. The first kappa shape index (κ1) is 37.1. The number of nitrogens with zero attached hydrogens (tertiary/aromatic N) is 1. The molecule has 2 aromatic rings. The molecule has 0 N–H and O–H groups in total. The van der Waals surface area contributed by atoms with E-state index in [-0.39, 0.29) is 33.0 Å². The Bertz CT molecular complexity index is 1490. The van der Waals surface area contributed by atoms with Crippen molar-refractivity contribution in [2.75, 3.05) is 19.8 Å². The number of fused-ring (bicyclic) bond motifs is 1. The van der Waals surface area contributed by atoms with Crippen LogP contribution in [0.5, 0.6) is 0 Å². The Morgan fingerprint density at radius 2 is 1.28 bits per heavy atom. The van der Waals surface area contributed by atoms with Crippen molar-refractivity contribution >= 4 is 41.7 Å². The zero-order valence-corrected chi connectivity index (χ0v) is 29.0. The third-order valence-corrected chi connectivity index (χ3v) is 9.69. The molecule has 0 spiro atoms. The van der Waals surface area contributed by atoms with E-state index in [1.807, 2.05) is 60.7 Å². The van der Waals surface area contributed by atoms with Crippen LogP contribution >= 0.6 is 11.8 Å². The summed E-state index contributed by atoms with van der Waals surface area (Å²) in [5.41, 5.74) is 0.668. The number of ether oxygens (including phenoxy) is 8. The molecule has 1 amide bonds. The van der Waals surface area contributed by atoms with Gasteiger partial charge in [-0.3, -0.25) is 24.1 Å². The number of cyclic esters (lactones) is 1. The minimum absolute atomic E-state index is 0.0361. The number of benzene rings is 2. The predicted octanol–water partition coefficient (Wildman–Crippen LogP) is 3.18. The first-order valence-corrected chi connectivity index (χ1v) is 17.1. The third-order valence-electron chi connectivity index (χ3n) is 8.29. The van der Waals surface area contributed by atoms with Crippen LogP contribution in [0.15, 0.2) is 60.7 Å². The van der Waals surface area contributed by atoms with Crippen LogP contribution in [-0.4, -0.2) is 108 Å². The van der Waals surface area contributed by atoms with Gasteiger partial charge in [-0.15, -0.1) is 11.8 Å². The van der Waals surface area contributed by atoms with Crippen LogP contribution in [-0.2, 0) is 70.3 Å². The van der Waals surface area contributed by atoms with E-state index in [4.69, 9.17) is 37.9 Å². The first-order chi connectivity index (χ1) is 24.0. The summed E-state index contributed by atoms with van der Waals surface area (Å²) in [4.78, 5) is 63.5. The Hall–Kier alpha value is -4.18. The molecule has 5 rings (SSSR count). The summed E-state index contributed by atoms with van der Waals surface area (Å²) in [6.07, 6.45) is -6.80. The maximum Gasteiger partial charge on any atom is 0.410 e. The Balaban J connectivity index is 1.53. The zero-order valence-electron chi connectivity index (χ0n) is 28.2. The summed E-state index contributed by atoms with van der Waals surface area (Å²) in [5.74, 6) is -2.72. The molecule has 3 fully saturated rings. The van der Waals surface area contributed by atoms with Gasteiger partial charge in [-0.05, 0) is 11.1 Å². The summed E-state index contributed by atoms with van der Waals surface area (Å²) in [7, 11) is 0. The molecule has 3 heterocycles. The van der Waals surface area contributed by atoms with Crippen molar-refractivity contribution in [3.63, 3.8) is 0 Å². The average molecular weight is 716 g/mol. The number of rotatable bonds is 13. The molecule has 3 aliphatic rings. The number of carbonyl (C=O) groups is 5. The minimum Gasteiger partial charge on any atom is -0.465 e. The summed E-state index contributed by atoms with van der Waals surface area (Å²) in [5, 5.41) is -0.812. The van der Waals surface area contributed by atoms with E-state index in [1.165, 1.54) is 27.7 Å². The summed E-state index contributed by atoms with van der Waals surface area (Å²) < 4.78 is 47.6. The lowest BCUT2D eigenvalue weighted by molar-refractivity contribution is -0.222. The molecule has 0 saturated carbocycles. The molecule has 14 nitrogen and oxygen atoms in total. The third kappa shape index (κ3) is 9.53. The Morgan fingerprint density at radius 3 is 1.86 bits per heavy atom. The van der Waals surface area contributed by atoms with Crippen LogP contribution < -0.4 is 0 Å². The van der Waals surface area contributed by atoms with Gasteiger partial charge in [-0.1, -0.05) is 60.7 Å². The van der Waals surface area contributed by atoms with Gasteiger partial charge in [-0.2, -0.15) is 0 Å². The van der Waals surface area contributed by atoms with E-state index in [0.29, 0.717) is 0 Å². The Morgan fingerprint density at radius 1 is 0.720 bits per heavy atom. The molecule has 9 atom stereocenters. The number of esters is 4. The van der Waals surface area contributed by atoms with E-state index < -0.39 is 83.3 Å². The molecule has 0 aliphatic carbocycles. The van der Waals surface area contributed by atoms with Crippen molar-refractivity contribution in [3.05, 3.63) is 71.8 Å². The minimum atomic E-state index is -1.34. The fourth-order valence-electron chi connectivity index (χ4n) is 6.19. The summed E-state index contributed by atoms with van der Waals surface area (Å²) >= 11 is 1.09. The highest BCUT2D eigenvalue weighted by Gasteiger charge is 2.57. The van der Waals surface area contributed by atoms with E-state index in [9.17, 15) is 24.0 Å². The van der Waals surface area contributed by atoms with Crippen molar-refractivity contribution < 1.29 is 61.9 Å². The van der Waals surface area contributed by atoms with Gasteiger partial charge in [-0.25, -0.2) is 4.79 Å². The van der Waals surface area contributed by atoms with Gasteiger partial charge < -0.3 is 37.9 Å². The first-order valence-electron chi connectivity index (χ1n) is 16.2. The van der Waals surface area contributed by atoms with Gasteiger partial charge in [0.1, 0.15) is 37.0 Å². The smallest absolute Gasteiger partial charge is 0.410 e. The van der Waals surface area contributed by atoms with Crippen LogP contribution in [0.3, 0.4) is 0 Å². The standard InChI is InChI=1S/C35H41NO13S/c1-20(37)42-19-28-31(46-21(2)38)32(47-22(3)39)33(48-23(4)40)34(50-28)49-30-27(43-16-24-11-7-5-8-12-24)15-36-26(18-45-35(36)41)29(30)44-17-25-13-9-6-10-14-25/h5-14,26-34H,15-19H2,1-4H3/t26-,27-,28-,29-,30-,31-,32+,33-,34-/m1/s1. The van der Waals surface area contributed by atoms with Crippen molar-refractivity contribution in [1.82, 2.24) is 4.90 Å². The van der Waals surface area contributed by atoms with E-state index in [1.54, 1.807) is 4.90 Å². The van der Waals surface area contributed by atoms with Crippen molar-refractivity contribution in [1.29, 1.82) is 0 Å². The lowest BCUT2D eigenvalue weighted by Gasteiger charge is -2.48. The van der Waals surface area contributed by atoms with Crippen molar-refractivity contribution in [2.24, 2.45) is 0 Å². The van der Waals surface area contributed by atoms with E-state index >= 15 is 0 Å². The largest absolute Gasteiger partial charge is 0.465 e. The van der Waals surface area contributed by atoms with Gasteiger partial charge in [0.05, 0.1) is 31.1 Å². The molecule has 0 unspecified atom stereocenters. The van der Waals surface area contributed by atoms with Crippen LogP contribution in [0.1, 0.15) is 38.8 Å². The highest BCUT2D eigenvalue weighted by molar-refractivity contribution is 8.00. The van der Waals surface area contributed by atoms with Gasteiger partial charge >= 0.3 is 30.0 Å². The molecule has 0 aromatic heterocycles. The fraction of sp³-hybridized carbons (Fsp3) is 0.514. The number of thioether (sulfide) groups is 1. The topological polar surface area (TPSA) is 162 Å². The Kier molecular flexibility index (Phi) is 12.7. The van der Waals surface area contributed by atoms with Crippen LogP contribution in [0.2, 0.25) is 0 Å². The molecule has 15 heteroatoms. The number of carbonyl (C=O) groups excluding carboxylic acids is 5. The molecule has 3 saturated heterocycles. The maximum atomic E-state index is 12.9. The monoisotopic (exact) mass is 715 g/mol. The van der Waals surface area contributed by atoms with Crippen LogP contribution in [0.4, 0.5) is 4.79 Å². The van der Waals surface area contributed by atoms with Gasteiger partial charge in [0.2, 0.25) is 0 Å². The molecule has 50 heavy (non-hydrogen) atoms. The Labute approximate surface area is 293 Å². The lowest BCUT2D eigenvalue weighted by atomic mass is 9.94. The zero-order chi connectivity index (χ0) is 35.8. The summed E-state index contributed by atoms with van der Waals surface area (Å²) in [6, 6.07) is 18.4. The van der Waals surface area contributed by atoms with Crippen molar-refractivity contribution in [3.8, 4) is 0 Å². The van der Waals surface area contributed by atoms with Crippen molar-refractivity contribution in [2.45, 2.75) is 94.3 Å². The average Bonchev–Trinajstić information content (AvgIpc) is 3.44. The molecular formula is C35H41NO13S. The molecule has 270 valence electrons. The summed E-state index contributed by atoms with van der Waals surface area (Å²) in [6.45, 7) is 5.01. The predicted molar refractivity (Wildman–Crippen MR) is 175 cm³/mol. The molecule has 0 bridgehead atoms. The molecule has 0 radical (unpaired) electrons. The lowest BCUT2D eigenvalue weighted by Crippen LogP contribution is -2.65. The highest BCUT2D eigenvalue weighted by Crippen LogP contribution is 2.42. The SMILES string of the molecule is CC(=O)OC[C@H]1S[C@@H](O[C@H]2[C@H](OCc3ccccc3)[C@H]3COC(=O)N3C[C@H]2OCc2ccccc2)[C@H](OC(C)=O)[C@@H](OC(C)=O)[C@@H]1OC(C)=O. The van der Waals surface area contributed by atoms with Gasteiger partial charge in [0, 0.05) is 27.7 Å². The van der Waals surface area contributed by atoms with Crippen LogP contribution in [0, 0.1) is 0 Å². The normalized spacial score (nSPS) is 28.9. The second-order valence-corrected chi connectivity index (χ2v) is 13.4. The maximum absolute atomic E-state index is 12.9. The van der Waals surface area contributed by atoms with Gasteiger partial charge in [0.25, 0.3) is 0 Å². The second-order valence-electron chi connectivity index (χ2n) is 12.1. The second kappa shape index (κ2) is 17.2. The fourth-order valence-corrected chi connectivity index (χ4v) is 7.61. The number of hydrogen-bond acceptors (Lipinski definition) is 14.